The van der Waals surface area contributed by atoms with E-state index in [1.165, 1.54) is 4.90 Å². The first kappa shape index (κ1) is 9.57. The van der Waals surface area contributed by atoms with Crippen LogP contribution in [0.25, 0.3) is 0 Å². The van der Waals surface area contributed by atoms with Gasteiger partial charge in [0.25, 0.3) is 0 Å². The van der Waals surface area contributed by atoms with Crippen LogP contribution in [0.5, 0.6) is 0 Å². The predicted molar refractivity (Wildman–Crippen MR) is 50.0 cm³/mol. The Morgan fingerprint density at radius 3 is 2.69 bits per heavy atom. The zero-order valence-corrected chi connectivity index (χ0v) is 8.06. The Balaban J connectivity index is 2.85. The Bertz CT molecular complexity index is 305. The number of carbonyl (C=O) groups is 1. The van der Waals surface area contributed by atoms with E-state index in [2.05, 4.69) is 4.98 Å². The number of nitrogens with two attached hydrogens (primary N) is 1. The highest BCUT2D eigenvalue weighted by molar-refractivity contribution is 5.79. The number of carbonyl (C=O) groups excluding carboxylic acids is 1. The van der Waals surface area contributed by atoms with Crippen LogP contribution in [0.1, 0.15) is 13.0 Å². The molecule has 0 spiro atoms. The lowest BCUT2D eigenvalue weighted by Gasteiger charge is -2.18. The van der Waals surface area contributed by atoms with Crippen molar-refractivity contribution in [2.75, 3.05) is 19.8 Å². The van der Waals surface area contributed by atoms with Crippen LogP contribution in [-0.4, -0.2) is 34.5 Å². The number of nitrogens with zero attached hydrogens (tertiary/aromatic N) is 3. The van der Waals surface area contributed by atoms with Gasteiger partial charge in [0.05, 0.1) is 0 Å². The van der Waals surface area contributed by atoms with Crippen molar-refractivity contribution in [3.63, 3.8) is 0 Å². The van der Waals surface area contributed by atoms with E-state index in [9.17, 15) is 4.79 Å². The van der Waals surface area contributed by atoms with Crippen LogP contribution in [0.3, 0.4) is 0 Å². The van der Waals surface area contributed by atoms with Gasteiger partial charge < -0.3 is 15.2 Å². The summed E-state index contributed by atoms with van der Waals surface area (Å²) in [6.45, 7) is 1.79. The Hall–Kier alpha value is -1.52. The Morgan fingerprint density at radius 2 is 2.31 bits per heavy atom. The van der Waals surface area contributed by atoms with Gasteiger partial charge in [-0.2, -0.15) is 0 Å². The van der Waals surface area contributed by atoms with Gasteiger partial charge in [-0.25, -0.2) is 4.98 Å². The van der Waals surface area contributed by atoms with Crippen molar-refractivity contribution < 1.29 is 4.79 Å². The molecule has 0 bridgehead atoms. The van der Waals surface area contributed by atoms with Crippen LogP contribution >= 0.6 is 0 Å². The second kappa shape index (κ2) is 3.47. The summed E-state index contributed by atoms with van der Waals surface area (Å²) in [5, 5.41) is 0. The number of imidazole rings is 1. The molecular weight excluding hydrogens is 168 g/mol. The minimum Gasteiger partial charge on any atom is -0.369 e. The predicted octanol–water partition coefficient (Wildman–Crippen LogP) is 0.114. The molecule has 13 heavy (non-hydrogen) atoms. The van der Waals surface area contributed by atoms with Crippen LogP contribution in [0.4, 0.5) is 5.95 Å². The van der Waals surface area contributed by atoms with Crippen LogP contribution in [0.15, 0.2) is 12.4 Å². The summed E-state index contributed by atoms with van der Waals surface area (Å²) < 4.78 is 1.64. The van der Waals surface area contributed by atoms with Crippen molar-refractivity contribution in [1.29, 1.82) is 0 Å². The molecule has 1 aromatic heterocycles. The fourth-order valence-electron chi connectivity index (χ4n) is 1.14. The van der Waals surface area contributed by atoms with E-state index in [0.717, 1.165) is 0 Å². The van der Waals surface area contributed by atoms with Crippen LogP contribution < -0.4 is 5.73 Å². The monoisotopic (exact) mass is 182 g/mol. The molecule has 1 atom stereocenters. The molecule has 0 saturated heterocycles. The number of rotatable bonds is 2. The molecule has 0 aliphatic rings. The number of aromatic nitrogens is 2. The largest absolute Gasteiger partial charge is 0.369 e. The number of amides is 1. The summed E-state index contributed by atoms with van der Waals surface area (Å²) in [7, 11) is 3.43. The van der Waals surface area contributed by atoms with Gasteiger partial charge in [0, 0.05) is 26.5 Å². The van der Waals surface area contributed by atoms with Gasteiger partial charge in [0.15, 0.2) is 0 Å². The molecule has 1 heterocycles. The topological polar surface area (TPSA) is 64.2 Å². The maximum absolute atomic E-state index is 11.5. The van der Waals surface area contributed by atoms with Gasteiger partial charge in [-0.15, -0.1) is 0 Å². The number of likely N-dealkylation sites (N-methyl/N-ethyl adjacent to an activating group) is 1. The highest BCUT2D eigenvalue weighted by atomic mass is 16.2. The summed E-state index contributed by atoms with van der Waals surface area (Å²) >= 11 is 0. The molecule has 0 aromatic carbocycles. The van der Waals surface area contributed by atoms with Crippen LogP contribution in [0.2, 0.25) is 0 Å². The zero-order valence-electron chi connectivity index (χ0n) is 8.06. The summed E-state index contributed by atoms with van der Waals surface area (Å²) in [5.74, 6) is 0.368. The number of anilines is 1. The smallest absolute Gasteiger partial charge is 0.244 e. The maximum Gasteiger partial charge on any atom is 0.244 e. The number of hydrogen-bond acceptors (Lipinski definition) is 3. The molecule has 0 aliphatic heterocycles. The number of nitrogen functional groups attached to an aromatic ring is 1. The van der Waals surface area contributed by atoms with Crippen molar-refractivity contribution >= 4 is 11.9 Å². The van der Waals surface area contributed by atoms with E-state index in [4.69, 9.17) is 5.73 Å². The van der Waals surface area contributed by atoms with Crippen LogP contribution in [-0.2, 0) is 4.79 Å². The molecule has 1 rings (SSSR count). The Labute approximate surface area is 77.2 Å². The third kappa shape index (κ3) is 1.80. The van der Waals surface area contributed by atoms with Crippen LogP contribution in [0, 0.1) is 0 Å². The molecule has 2 N–H and O–H groups in total. The van der Waals surface area contributed by atoms with Gasteiger partial charge >= 0.3 is 0 Å². The molecule has 0 saturated carbocycles. The molecule has 5 heteroatoms. The molecule has 0 aliphatic carbocycles. The van der Waals surface area contributed by atoms with E-state index in [1.807, 2.05) is 0 Å². The highest BCUT2D eigenvalue weighted by Gasteiger charge is 2.17. The average Bonchev–Trinajstić information content (AvgIpc) is 2.48. The molecule has 5 nitrogen and oxygen atoms in total. The molecule has 1 amide bonds. The second-order valence-corrected chi connectivity index (χ2v) is 3.10. The lowest BCUT2D eigenvalue weighted by atomic mass is 10.3. The average molecular weight is 182 g/mol. The molecule has 1 unspecified atom stereocenters. The minimum absolute atomic E-state index is 0.00435. The maximum atomic E-state index is 11.5. The van der Waals surface area contributed by atoms with Crippen molar-refractivity contribution in [2.24, 2.45) is 0 Å². The summed E-state index contributed by atoms with van der Waals surface area (Å²) in [4.78, 5) is 16.9. The quantitative estimate of drug-likeness (QED) is 0.706. The van der Waals surface area contributed by atoms with E-state index in [1.54, 1.807) is 38.0 Å². The summed E-state index contributed by atoms with van der Waals surface area (Å²) in [6, 6.07) is -0.294. The summed E-state index contributed by atoms with van der Waals surface area (Å²) in [6.07, 6.45) is 3.27. The van der Waals surface area contributed by atoms with Gasteiger partial charge in [-0.3, -0.25) is 4.79 Å². The lowest BCUT2D eigenvalue weighted by molar-refractivity contribution is -0.131. The molecule has 0 radical (unpaired) electrons. The Morgan fingerprint density at radius 1 is 1.69 bits per heavy atom. The molecule has 0 fully saturated rings. The standard InChI is InChI=1S/C8H14N4O/c1-6(7(13)11(2)3)12-5-4-10-8(12)9/h4-6H,1-3H3,(H2,9,10). The first-order chi connectivity index (χ1) is 6.04. The fourth-order valence-corrected chi connectivity index (χ4v) is 1.14. The van der Waals surface area contributed by atoms with Gasteiger partial charge in [0.1, 0.15) is 6.04 Å². The normalized spacial score (nSPS) is 12.5. The first-order valence-corrected chi connectivity index (χ1v) is 4.03. The molecule has 72 valence electrons. The van der Waals surface area contributed by atoms with Crippen molar-refractivity contribution in [3.8, 4) is 0 Å². The number of hydrogen-bond donors (Lipinski definition) is 1. The summed E-state index contributed by atoms with van der Waals surface area (Å²) in [5.41, 5.74) is 5.56. The minimum atomic E-state index is -0.294. The van der Waals surface area contributed by atoms with E-state index in [-0.39, 0.29) is 11.9 Å². The fraction of sp³-hybridized carbons (Fsp3) is 0.500. The van der Waals surface area contributed by atoms with E-state index in [0.29, 0.717) is 5.95 Å². The Kier molecular flexibility index (Phi) is 2.55. The van der Waals surface area contributed by atoms with Crippen molar-refractivity contribution in [1.82, 2.24) is 14.5 Å². The molecule has 1 aromatic rings. The zero-order chi connectivity index (χ0) is 10.0. The van der Waals surface area contributed by atoms with Gasteiger partial charge in [-0.1, -0.05) is 0 Å². The lowest BCUT2D eigenvalue weighted by Crippen LogP contribution is -2.30. The van der Waals surface area contributed by atoms with Crippen molar-refractivity contribution in [2.45, 2.75) is 13.0 Å². The van der Waals surface area contributed by atoms with E-state index >= 15 is 0 Å². The third-order valence-electron chi connectivity index (χ3n) is 1.91. The van der Waals surface area contributed by atoms with Gasteiger partial charge in [0.2, 0.25) is 11.9 Å². The van der Waals surface area contributed by atoms with Crippen molar-refractivity contribution in [3.05, 3.63) is 12.4 Å². The SMILES string of the molecule is CC(C(=O)N(C)C)n1ccnc1N. The van der Waals surface area contributed by atoms with Gasteiger partial charge in [-0.05, 0) is 6.92 Å². The van der Waals surface area contributed by atoms with E-state index < -0.39 is 0 Å². The first-order valence-electron chi connectivity index (χ1n) is 4.03. The molecular formula is C8H14N4O. The third-order valence-corrected chi connectivity index (χ3v) is 1.91. The highest BCUT2D eigenvalue weighted by Crippen LogP contribution is 2.11. The second-order valence-electron chi connectivity index (χ2n) is 3.10.